The van der Waals surface area contributed by atoms with Gasteiger partial charge in [-0.25, -0.2) is 0 Å². The third kappa shape index (κ3) is 2.73. The van der Waals surface area contributed by atoms with Crippen LogP contribution >= 0.6 is 23.6 Å². The molecule has 5 rings (SSSR count). The number of rotatable bonds is 4. The van der Waals surface area contributed by atoms with Crippen molar-refractivity contribution in [2.75, 3.05) is 5.43 Å². The summed E-state index contributed by atoms with van der Waals surface area (Å²) in [6, 6.07) is 4.54. The van der Waals surface area contributed by atoms with E-state index in [0.29, 0.717) is 11.5 Å². The van der Waals surface area contributed by atoms with Gasteiger partial charge in [0.2, 0.25) is 0 Å². The first-order chi connectivity index (χ1) is 10.6. The van der Waals surface area contributed by atoms with Crippen molar-refractivity contribution >= 4 is 33.7 Å². The molecule has 0 radical (unpaired) electrons. The molecule has 0 saturated heterocycles. The van der Waals surface area contributed by atoms with Gasteiger partial charge in [0, 0.05) is 6.04 Å². The minimum Gasteiger partial charge on any atom is -0.358 e. The highest BCUT2D eigenvalue weighted by Gasteiger charge is 2.53. The van der Waals surface area contributed by atoms with E-state index in [1.165, 1.54) is 38.5 Å². The van der Waals surface area contributed by atoms with E-state index in [1.54, 1.807) is 11.3 Å². The molecule has 5 heteroatoms. The Morgan fingerprint density at radius 3 is 2.41 bits per heavy atom. The molecule has 0 amide bonds. The Kier molecular flexibility index (Phi) is 3.81. The summed E-state index contributed by atoms with van der Waals surface area (Å²) in [6.07, 6.45) is 8.72. The quantitative estimate of drug-likeness (QED) is 0.571. The lowest BCUT2D eigenvalue weighted by Crippen LogP contribution is -2.57. The smallest absolute Gasteiger partial charge is 0.185 e. The van der Waals surface area contributed by atoms with Crippen LogP contribution in [0.15, 0.2) is 17.5 Å². The van der Waals surface area contributed by atoms with Crippen LogP contribution < -0.4 is 16.2 Å². The van der Waals surface area contributed by atoms with Gasteiger partial charge in [0.15, 0.2) is 5.11 Å². The van der Waals surface area contributed by atoms with Gasteiger partial charge in [-0.15, -0.1) is 11.3 Å². The van der Waals surface area contributed by atoms with E-state index >= 15 is 0 Å². The fourth-order valence-electron chi connectivity index (χ4n) is 5.56. The molecule has 22 heavy (non-hydrogen) atoms. The van der Waals surface area contributed by atoms with Crippen molar-refractivity contribution in [3.8, 4) is 0 Å². The minimum absolute atomic E-state index is 0.464. The predicted molar refractivity (Wildman–Crippen MR) is 96.9 cm³/mol. The Morgan fingerprint density at radius 1 is 1.23 bits per heavy atom. The lowest BCUT2D eigenvalue weighted by molar-refractivity contribution is -0.0672. The lowest BCUT2D eigenvalue weighted by Gasteiger charge is -2.59. The summed E-state index contributed by atoms with van der Waals surface area (Å²) >= 11 is 7.15. The molecule has 4 fully saturated rings. The van der Waals surface area contributed by atoms with E-state index in [1.807, 2.05) is 12.1 Å². The van der Waals surface area contributed by atoms with E-state index in [0.717, 1.165) is 27.9 Å². The molecule has 1 heterocycles. The van der Waals surface area contributed by atoms with Gasteiger partial charge in [0.1, 0.15) is 5.00 Å². The molecule has 4 saturated carbocycles. The molecule has 3 N–H and O–H groups in total. The zero-order valence-corrected chi connectivity index (χ0v) is 14.7. The maximum atomic E-state index is 5.48. The Morgan fingerprint density at radius 2 is 1.86 bits per heavy atom. The van der Waals surface area contributed by atoms with Crippen LogP contribution in [0, 0.1) is 23.2 Å². The topological polar surface area (TPSA) is 36.1 Å². The summed E-state index contributed by atoms with van der Waals surface area (Å²) in [5, 5.41) is 7.42. The second-order valence-corrected chi connectivity index (χ2v) is 9.06. The molecule has 3 nitrogen and oxygen atoms in total. The molecular weight excluding hydrogens is 310 g/mol. The summed E-state index contributed by atoms with van der Waals surface area (Å²) < 4.78 is 0. The molecule has 120 valence electrons. The van der Waals surface area contributed by atoms with Crippen LogP contribution in [0.3, 0.4) is 0 Å². The van der Waals surface area contributed by atoms with E-state index in [4.69, 9.17) is 12.2 Å². The third-order valence-corrected chi connectivity index (χ3v) is 7.18. The second-order valence-electron chi connectivity index (χ2n) is 7.70. The number of hydrogen-bond acceptors (Lipinski definition) is 3. The van der Waals surface area contributed by atoms with Crippen LogP contribution in [0.25, 0.3) is 0 Å². The van der Waals surface area contributed by atoms with Crippen LogP contribution in [-0.2, 0) is 0 Å². The number of anilines is 1. The summed E-state index contributed by atoms with van der Waals surface area (Å²) in [6.45, 7) is 2.34. The maximum Gasteiger partial charge on any atom is 0.185 e. The molecular formula is C17H25N3S2. The van der Waals surface area contributed by atoms with Gasteiger partial charge in [-0.05, 0) is 98.3 Å². The van der Waals surface area contributed by atoms with Crippen LogP contribution in [0.4, 0.5) is 5.00 Å². The van der Waals surface area contributed by atoms with Crippen LogP contribution in [0.1, 0.15) is 45.4 Å². The van der Waals surface area contributed by atoms with Gasteiger partial charge in [-0.1, -0.05) is 0 Å². The van der Waals surface area contributed by atoms with Crippen molar-refractivity contribution < 1.29 is 0 Å². The number of thiocarbonyl (C=S) groups is 1. The Balaban J connectivity index is 1.35. The number of thiophene rings is 1. The van der Waals surface area contributed by atoms with E-state index < -0.39 is 0 Å². The van der Waals surface area contributed by atoms with Gasteiger partial charge < -0.3 is 5.32 Å². The molecule has 1 aromatic rings. The zero-order valence-electron chi connectivity index (χ0n) is 13.1. The molecule has 0 unspecified atom stereocenters. The van der Waals surface area contributed by atoms with Gasteiger partial charge in [-0.3, -0.25) is 10.9 Å². The van der Waals surface area contributed by atoms with Gasteiger partial charge in [-0.2, -0.15) is 0 Å². The molecule has 4 aliphatic carbocycles. The molecule has 1 aromatic heterocycles. The molecule has 0 aliphatic heterocycles. The van der Waals surface area contributed by atoms with Gasteiger partial charge in [0.25, 0.3) is 0 Å². The highest BCUT2D eigenvalue weighted by molar-refractivity contribution is 7.80. The van der Waals surface area contributed by atoms with Gasteiger partial charge >= 0.3 is 0 Å². The van der Waals surface area contributed by atoms with Crippen molar-refractivity contribution in [3.63, 3.8) is 0 Å². The van der Waals surface area contributed by atoms with E-state index in [-0.39, 0.29) is 0 Å². The molecule has 0 aromatic carbocycles. The summed E-state index contributed by atoms with van der Waals surface area (Å²) in [7, 11) is 0. The second kappa shape index (κ2) is 5.68. The highest BCUT2D eigenvalue weighted by Crippen LogP contribution is 2.61. The maximum absolute atomic E-state index is 5.48. The van der Waals surface area contributed by atoms with Crippen molar-refractivity contribution in [1.82, 2.24) is 10.7 Å². The number of nitrogens with one attached hydrogen (secondary N) is 3. The predicted octanol–water partition coefficient (Wildman–Crippen LogP) is 4.14. The van der Waals surface area contributed by atoms with E-state index in [9.17, 15) is 0 Å². The SMILES string of the molecule is C[C@@H](NC(=S)NNc1cccs1)C12CC3CC(CC(C3)C1)C2. The first-order valence-electron chi connectivity index (χ1n) is 8.49. The molecule has 4 bridgehead atoms. The first-order valence-corrected chi connectivity index (χ1v) is 9.78. The zero-order chi connectivity index (χ0) is 15.2. The van der Waals surface area contributed by atoms with Crippen LogP contribution in [0.2, 0.25) is 0 Å². The number of hydrazine groups is 1. The highest BCUT2D eigenvalue weighted by atomic mass is 32.1. The fourth-order valence-corrected chi connectivity index (χ4v) is 6.36. The summed E-state index contributed by atoms with van der Waals surface area (Å²) in [5.41, 5.74) is 6.79. The van der Waals surface area contributed by atoms with Gasteiger partial charge in [0.05, 0.1) is 0 Å². The average Bonchev–Trinajstić information content (AvgIpc) is 2.97. The van der Waals surface area contributed by atoms with Crippen molar-refractivity contribution in [1.29, 1.82) is 0 Å². The summed E-state index contributed by atoms with van der Waals surface area (Å²) in [5.74, 6) is 2.96. The lowest BCUT2D eigenvalue weighted by atomic mass is 9.48. The first kappa shape index (κ1) is 14.8. The Labute approximate surface area is 142 Å². The largest absolute Gasteiger partial charge is 0.358 e. The van der Waals surface area contributed by atoms with Crippen molar-refractivity contribution in [3.05, 3.63) is 17.5 Å². The van der Waals surface area contributed by atoms with Crippen molar-refractivity contribution in [2.45, 2.75) is 51.5 Å². The summed E-state index contributed by atoms with van der Waals surface area (Å²) in [4.78, 5) is 0. The monoisotopic (exact) mass is 335 g/mol. The van der Waals surface area contributed by atoms with Crippen LogP contribution in [0.5, 0.6) is 0 Å². The van der Waals surface area contributed by atoms with E-state index in [2.05, 4.69) is 28.5 Å². The Hall–Kier alpha value is -0.810. The Bertz CT molecular complexity index is 505. The standard InChI is InChI=1S/C17H25N3S2/c1-11(18-16(21)20-19-15-3-2-4-22-15)17-8-12-5-13(9-17)7-14(6-12)10-17/h2-4,11-14,19H,5-10H2,1H3,(H2,18,20,21)/t11-,12?,13?,14?,17?/m1/s1. The normalized spacial score (nSPS) is 36.9. The minimum atomic E-state index is 0.464. The van der Waals surface area contributed by atoms with Crippen molar-refractivity contribution in [2.24, 2.45) is 23.2 Å². The average molecular weight is 336 g/mol. The molecule has 1 atom stereocenters. The molecule has 0 spiro atoms. The third-order valence-electron chi connectivity index (χ3n) is 6.17. The molecule has 4 aliphatic rings. The van der Waals surface area contributed by atoms with Crippen LogP contribution in [-0.4, -0.2) is 11.2 Å². The fraction of sp³-hybridized carbons (Fsp3) is 0.706. The number of hydrogen-bond donors (Lipinski definition) is 3.